The number of hydrogen-bond donors (Lipinski definition) is 1. The number of carbonyl (C=O) groups excluding carboxylic acids is 2. The molecule has 0 aliphatic carbocycles. The zero-order valence-electron chi connectivity index (χ0n) is 15.5. The molecule has 2 amide bonds. The Morgan fingerprint density at radius 2 is 1.82 bits per heavy atom. The largest absolute Gasteiger partial charge is 0.322 e. The van der Waals surface area contributed by atoms with Gasteiger partial charge in [-0.2, -0.15) is 5.10 Å². The zero-order valence-corrected chi connectivity index (χ0v) is 15.5. The van der Waals surface area contributed by atoms with E-state index in [2.05, 4.69) is 10.4 Å². The van der Waals surface area contributed by atoms with Crippen LogP contribution < -0.4 is 10.2 Å². The van der Waals surface area contributed by atoms with Crippen molar-refractivity contribution in [2.75, 3.05) is 16.8 Å². The molecule has 28 heavy (non-hydrogen) atoms. The van der Waals surface area contributed by atoms with Gasteiger partial charge < -0.3 is 10.2 Å². The van der Waals surface area contributed by atoms with Crippen LogP contribution in [0.2, 0.25) is 0 Å². The summed E-state index contributed by atoms with van der Waals surface area (Å²) < 4.78 is 1.85. The lowest BCUT2D eigenvalue weighted by molar-refractivity contribution is -0.119. The molecule has 2 heterocycles. The summed E-state index contributed by atoms with van der Waals surface area (Å²) in [4.78, 5) is 26.3. The van der Waals surface area contributed by atoms with E-state index >= 15 is 0 Å². The fourth-order valence-corrected chi connectivity index (χ4v) is 3.35. The average molecular weight is 374 g/mol. The summed E-state index contributed by atoms with van der Waals surface area (Å²) in [7, 11) is 0. The zero-order chi connectivity index (χ0) is 19.3. The molecule has 6 nitrogen and oxygen atoms in total. The van der Waals surface area contributed by atoms with Gasteiger partial charge in [0.15, 0.2) is 0 Å². The van der Waals surface area contributed by atoms with E-state index in [1.807, 2.05) is 53.3 Å². The lowest BCUT2D eigenvalue weighted by atomic mass is 10.1. The molecule has 0 spiro atoms. The minimum absolute atomic E-state index is 0.152. The van der Waals surface area contributed by atoms with Crippen molar-refractivity contribution < 1.29 is 9.59 Å². The molecule has 142 valence electrons. The monoisotopic (exact) mass is 374 g/mol. The minimum Gasteiger partial charge on any atom is -0.322 e. The Labute approximate surface area is 163 Å². The first-order valence-electron chi connectivity index (χ1n) is 9.47. The minimum atomic E-state index is -0.170. The van der Waals surface area contributed by atoms with Crippen LogP contribution >= 0.6 is 0 Å². The lowest BCUT2D eigenvalue weighted by Gasteiger charge is -2.26. The first kappa shape index (κ1) is 18.0. The predicted octanol–water partition coefficient (Wildman–Crippen LogP) is 3.70. The Balaban J connectivity index is 1.38. The first-order chi connectivity index (χ1) is 13.7. The maximum absolute atomic E-state index is 12.5. The van der Waals surface area contributed by atoms with Crippen LogP contribution in [0.3, 0.4) is 0 Å². The predicted molar refractivity (Wildman–Crippen MR) is 108 cm³/mol. The summed E-state index contributed by atoms with van der Waals surface area (Å²) in [6.45, 7) is 1.44. The number of anilines is 2. The average Bonchev–Trinajstić information content (AvgIpc) is 3.23. The number of nitrogens with one attached hydrogen (secondary N) is 1. The number of aromatic nitrogens is 2. The third-order valence-electron chi connectivity index (χ3n) is 4.88. The van der Waals surface area contributed by atoms with Gasteiger partial charge in [0, 0.05) is 42.3 Å². The van der Waals surface area contributed by atoms with Crippen LogP contribution in [0.25, 0.3) is 0 Å². The summed E-state index contributed by atoms with van der Waals surface area (Å²) in [6, 6.07) is 16.8. The number of carbonyl (C=O) groups is 2. The van der Waals surface area contributed by atoms with Crippen LogP contribution in [0.15, 0.2) is 67.0 Å². The third-order valence-corrected chi connectivity index (χ3v) is 4.88. The molecule has 1 aromatic heterocycles. The molecule has 0 bridgehead atoms. The molecule has 1 N–H and O–H groups in total. The molecule has 0 atom stereocenters. The van der Waals surface area contributed by atoms with E-state index in [0.29, 0.717) is 18.5 Å². The lowest BCUT2D eigenvalue weighted by Crippen LogP contribution is -2.35. The molecule has 0 radical (unpaired) electrons. The van der Waals surface area contributed by atoms with E-state index < -0.39 is 0 Å². The van der Waals surface area contributed by atoms with Gasteiger partial charge in [0.1, 0.15) is 0 Å². The number of benzene rings is 2. The number of rotatable bonds is 5. The molecule has 1 aliphatic heterocycles. The van der Waals surface area contributed by atoms with E-state index in [-0.39, 0.29) is 11.8 Å². The summed E-state index contributed by atoms with van der Waals surface area (Å²) in [5.74, 6) is -0.0185. The van der Waals surface area contributed by atoms with E-state index in [4.69, 9.17) is 0 Å². The van der Waals surface area contributed by atoms with Gasteiger partial charge in [0.2, 0.25) is 5.91 Å². The highest BCUT2D eigenvalue weighted by atomic mass is 16.2. The molecule has 6 heteroatoms. The van der Waals surface area contributed by atoms with Crippen molar-refractivity contribution in [3.05, 3.63) is 78.1 Å². The summed E-state index contributed by atoms with van der Waals surface area (Å²) in [5, 5.41) is 7.10. The van der Waals surface area contributed by atoms with Gasteiger partial charge >= 0.3 is 0 Å². The van der Waals surface area contributed by atoms with Gasteiger partial charge in [0.05, 0.1) is 6.54 Å². The van der Waals surface area contributed by atoms with Gasteiger partial charge in [-0.15, -0.1) is 0 Å². The van der Waals surface area contributed by atoms with Crippen molar-refractivity contribution in [3.63, 3.8) is 0 Å². The highest BCUT2D eigenvalue weighted by Gasteiger charge is 2.19. The van der Waals surface area contributed by atoms with Crippen LogP contribution in [-0.2, 0) is 11.3 Å². The summed E-state index contributed by atoms with van der Waals surface area (Å²) in [6.07, 6.45) is 6.23. The van der Waals surface area contributed by atoms with Crippen LogP contribution in [0, 0.1) is 0 Å². The normalized spacial score (nSPS) is 14.1. The third kappa shape index (κ3) is 4.11. The summed E-state index contributed by atoms with van der Waals surface area (Å²) >= 11 is 0. The second-order valence-corrected chi connectivity index (χ2v) is 6.90. The van der Waals surface area contributed by atoms with Gasteiger partial charge in [-0.1, -0.05) is 12.1 Å². The number of amides is 2. The first-order valence-corrected chi connectivity index (χ1v) is 9.47. The highest BCUT2D eigenvalue weighted by Crippen LogP contribution is 2.21. The van der Waals surface area contributed by atoms with Gasteiger partial charge in [-0.25, -0.2) is 0 Å². The SMILES string of the molecule is O=C(Nc1ccc(Cn2cccn2)cc1)c1ccc(N2CCCCC2=O)cc1. The molecular weight excluding hydrogens is 352 g/mol. The fourth-order valence-electron chi connectivity index (χ4n) is 3.35. The van der Waals surface area contributed by atoms with Crippen molar-refractivity contribution in [2.24, 2.45) is 0 Å². The van der Waals surface area contributed by atoms with E-state index in [1.165, 1.54) is 0 Å². The Kier molecular flexibility index (Phi) is 5.19. The molecule has 0 unspecified atom stereocenters. The van der Waals surface area contributed by atoms with Crippen molar-refractivity contribution in [3.8, 4) is 0 Å². The van der Waals surface area contributed by atoms with Crippen molar-refractivity contribution in [1.29, 1.82) is 0 Å². The van der Waals surface area contributed by atoms with Gasteiger partial charge in [-0.05, 0) is 60.9 Å². The van der Waals surface area contributed by atoms with E-state index in [0.717, 1.165) is 36.3 Å². The Hall–Kier alpha value is -3.41. The molecule has 1 saturated heterocycles. The maximum atomic E-state index is 12.5. The molecule has 4 rings (SSSR count). The molecule has 0 saturated carbocycles. The molecular formula is C22H22N4O2. The van der Waals surface area contributed by atoms with Crippen LogP contribution in [0.1, 0.15) is 35.2 Å². The molecule has 3 aromatic rings. The number of nitrogens with zero attached hydrogens (tertiary/aromatic N) is 3. The number of piperidine rings is 1. The van der Waals surface area contributed by atoms with Gasteiger partial charge in [0.25, 0.3) is 5.91 Å². The van der Waals surface area contributed by atoms with E-state index in [9.17, 15) is 9.59 Å². The fraction of sp³-hybridized carbons (Fsp3) is 0.227. The number of hydrogen-bond acceptors (Lipinski definition) is 3. The molecule has 1 aliphatic rings. The van der Waals surface area contributed by atoms with Crippen LogP contribution in [0.4, 0.5) is 11.4 Å². The Morgan fingerprint density at radius 1 is 1.04 bits per heavy atom. The second-order valence-electron chi connectivity index (χ2n) is 6.90. The summed E-state index contributed by atoms with van der Waals surface area (Å²) in [5.41, 5.74) is 3.26. The quantitative estimate of drug-likeness (QED) is 0.740. The van der Waals surface area contributed by atoms with Crippen molar-refractivity contribution in [2.45, 2.75) is 25.8 Å². The van der Waals surface area contributed by atoms with Gasteiger partial charge in [-0.3, -0.25) is 14.3 Å². The van der Waals surface area contributed by atoms with E-state index in [1.54, 1.807) is 23.2 Å². The van der Waals surface area contributed by atoms with Crippen molar-refractivity contribution >= 4 is 23.2 Å². The van der Waals surface area contributed by atoms with Crippen LogP contribution in [0.5, 0.6) is 0 Å². The Bertz CT molecular complexity index is 947. The smallest absolute Gasteiger partial charge is 0.255 e. The topological polar surface area (TPSA) is 67.2 Å². The maximum Gasteiger partial charge on any atom is 0.255 e. The standard InChI is InChI=1S/C22H22N4O2/c27-21-4-1-2-15-26(21)20-11-7-18(8-12-20)22(28)24-19-9-5-17(6-10-19)16-25-14-3-13-23-25/h3,5-14H,1-2,4,15-16H2,(H,24,28). The van der Waals surface area contributed by atoms with Crippen molar-refractivity contribution in [1.82, 2.24) is 9.78 Å². The molecule has 1 fully saturated rings. The molecule has 2 aromatic carbocycles. The highest BCUT2D eigenvalue weighted by molar-refractivity contribution is 6.04. The Morgan fingerprint density at radius 3 is 2.50 bits per heavy atom. The second kappa shape index (κ2) is 8.08. The van der Waals surface area contributed by atoms with Crippen LogP contribution in [-0.4, -0.2) is 28.1 Å².